The predicted octanol–water partition coefficient (Wildman–Crippen LogP) is 3.64. The highest BCUT2D eigenvalue weighted by Crippen LogP contribution is 2.33. The standard InChI is InChI=1S/C14H11BrClN5/c1-8-9(15)4-2-7-12(8)21-14(18-19-20-21)13-10(16)5-3-6-11(13)17/h2-7H,17H2,1H3. The fourth-order valence-electron chi connectivity index (χ4n) is 2.11. The van der Waals surface area contributed by atoms with E-state index in [-0.39, 0.29) is 0 Å². The minimum Gasteiger partial charge on any atom is -0.398 e. The van der Waals surface area contributed by atoms with E-state index in [9.17, 15) is 0 Å². The van der Waals surface area contributed by atoms with Gasteiger partial charge >= 0.3 is 0 Å². The fourth-order valence-corrected chi connectivity index (χ4v) is 2.73. The first-order chi connectivity index (χ1) is 10.1. The van der Waals surface area contributed by atoms with Crippen molar-refractivity contribution in [3.05, 3.63) is 51.5 Å². The molecule has 0 radical (unpaired) electrons. The third-order valence-corrected chi connectivity index (χ3v) is 4.38. The van der Waals surface area contributed by atoms with Gasteiger partial charge in [-0.1, -0.05) is 39.7 Å². The summed E-state index contributed by atoms with van der Waals surface area (Å²) in [4.78, 5) is 0. The summed E-state index contributed by atoms with van der Waals surface area (Å²) in [6.07, 6.45) is 0. The minimum absolute atomic E-state index is 0.513. The van der Waals surface area contributed by atoms with Gasteiger partial charge in [0.1, 0.15) is 0 Å². The van der Waals surface area contributed by atoms with E-state index in [1.54, 1.807) is 22.9 Å². The molecule has 1 heterocycles. The number of nitrogens with zero attached hydrogens (tertiary/aromatic N) is 4. The first-order valence-corrected chi connectivity index (χ1v) is 7.35. The molecule has 7 heteroatoms. The summed E-state index contributed by atoms with van der Waals surface area (Å²) in [7, 11) is 0. The third kappa shape index (κ3) is 2.41. The zero-order valence-corrected chi connectivity index (χ0v) is 13.4. The summed E-state index contributed by atoms with van der Waals surface area (Å²) >= 11 is 9.76. The van der Waals surface area contributed by atoms with Gasteiger partial charge in [0.2, 0.25) is 0 Å². The molecular formula is C14H11BrClN5. The molecule has 0 fully saturated rings. The lowest BCUT2D eigenvalue weighted by atomic mass is 10.1. The molecular weight excluding hydrogens is 354 g/mol. The van der Waals surface area contributed by atoms with Crippen molar-refractivity contribution in [2.24, 2.45) is 0 Å². The Balaban J connectivity index is 2.25. The first-order valence-electron chi connectivity index (χ1n) is 6.18. The van der Waals surface area contributed by atoms with Crippen molar-refractivity contribution >= 4 is 33.2 Å². The van der Waals surface area contributed by atoms with Crippen LogP contribution >= 0.6 is 27.5 Å². The van der Waals surface area contributed by atoms with Crippen molar-refractivity contribution < 1.29 is 0 Å². The van der Waals surface area contributed by atoms with Crippen molar-refractivity contribution in [3.63, 3.8) is 0 Å². The number of hydrogen-bond acceptors (Lipinski definition) is 4. The van der Waals surface area contributed by atoms with Crippen LogP contribution in [0.2, 0.25) is 5.02 Å². The quantitative estimate of drug-likeness (QED) is 0.705. The lowest BCUT2D eigenvalue weighted by Crippen LogP contribution is -2.04. The average Bonchev–Trinajstić information content (AvgIpc) is 2.91. The second-order valence-corrected chi connectivity index (χ2v) is 5.76. The molecule has 2 N–H and O–H groups in total. The number of rotatable bonds is 2. The van der Waals surface area contributed by atoms with E-state index in [0.717, 1.165) is 15.7 Å². The maximum atomic E-state index is 6.25. The summed E-state index contributed by atoms with van der Waals surface area (Å²) in [6.45, 7) is 1.99. The number of benzene rings is 2. The zero-order valence-electron chi connectivity index (χ0n) is 11.1. The van der Waals surface area contributed by atoms with E-state index < -0.39 is 0 Å². The molecule has 2 aromatic carbocycles. The molecule has 0 saturated carbocycles. The van der Waals surface area contributed by atoms with Crippen LogP contribution in [0.15, 0.2) is 40.9 Å². The number of aromatic nitrogens is 4. The Bertz CT molecular complexity index is 795. The Morgan fingerprint density at radius 1 is 1.19 bits per heavy atom. The highest BCUT2D eigenvalue weighted by atomic mass is 79.9. The highest BCUT2D eigenvalue weighted by molar-refractivity contribution is 9.10. The lowest BCUT2D eigenvalue weighted by Gasteiger charge is -2.11. The Morgan fingerprint density at radius 2 is 1.95 bits per heavy atom. The van der Waals surface area contributed by atoms with Crippen molar-refractivity contribution in [2.75, 3.05) is 5.73 Å². The SMILES string of the molecule is Cc1c(Br)cccc1-n1nnnc1-c1c(N)cccc1Cl. The molecule has 0 aliphatic heterocycles. The van der Waals surface area contributed by atoms with E-state index in [4.69, 9.17) is 17.3 Å². The minimum atomic E-state index is 0.513. The van der Waals surface area contributed by atoms with Gasteiger partial charge < -0.3 is 5.73 Å². The number of nitrogen functional groups attached to an aromatic ring is 1. The molecule has 1 aromatic heterocycles. The van der Waals surface area contributed by atoms with Gasteiger partial charge in [-0.05, 0) is 47.2 Å². The maximum absolute atomic E-state index is 6.25. The number of tetrazole rings is 1. The average molecular weight is 365 g/mol. The molecule has 5 nitrogen and oxygen atoms in total. The van der Waals surface area contributed by atoms with Crippen LogP contribution in [0.25, 0.3) is 17.1 Å². The second kappa shape index (κ2) is 5.46. The Morgan fingerprint density at radius 3 is 2.71 bits per heavy atom. The Labute approximate surface area is 134 Å². The van der Waals surface area contributed by atoms with Gasteiger partial charge in [0.15, 0.2) is 5.82 Å². The van der Waals surface area contributed by atoms with Gasteiger partial charge in [0, 0.05) is 10.2 Å². The van der Waals surface area contributed by atoms with E-state index in [2.05, 4.69) is 31.5 Å². The van der Waals surface area contributed by atoms with Crippen molar-refractivity contribution in [2.45, 2.75) is 6.92 Å². The van der Waals surface area contributed by atoms with Gasteiger partial charge in [0.05, 0.1) is 16.3 Å². The molecule has 0 bridgehead atoms. The number of nitrogens with two attached hydrogens (primary N) is 1. The predicted molar refractivity (Wildman–Crippen MR) is 86.4 cm³/mol. The van der Waals surface area contributed by atoms with E-state index in [1.165, 1.54) is 0 Å². The molecule has 0 saturated heterocycles. The van der Waals surface area contributed by atoms with Crippen LogP contribution in [-0.2, 0) is 0 Å². The first kappa shape index (κ1) is 14.0. The van der Waals surface area contributed by atoms with Gasteiger partial charge in [-0.3, -0.25) is 0 Å². The van der Waals surface area contributed by atoms with Gasteiger partial charge in [-0.15, -0.1) is 5.10 Å². The molecule has 0 aliphatic rings. The fraction of sp³-hybridized carbons (Fsp3) is 0.0714. The second-order valence-electron chi connectivity index (χ2n) is 4.50. The Kier molecular flexibility index (Phi) is 3.65. The smallest absolute Gasteiger partial charge is 0.190 e. The van der Waals surface area contributed by atoms with Crippen LogP contribution in [-0.4, -0.2) is 20.2 Å². The molecule has 0 amide bonds. The van der Waals surface area contributed by atoms with Crippen LogP contribution in [0.3, 0.4) is 0 Å². The van der Waals surface area contributed by atoms with Crippen LogP contribution in [0.1, 0.15) is 5.56 Å². The monoisotopic (exact) mass is 363 g/mol. The maximum Gasteiger partial charge on any atom is 0.190 e. The summed E-state index contributed by atoms with van der Waals surface area (Å²) in [5, 5.41) is 12.4. The highest BCUT2D eigenvalue weighted by Gasteiger charge is 2.18. The molecule has 0 aliphatic carbocycles. The van der Waals surface area contributed by atoms with E-state index in [0.29, 0.717) is 22.1 Å². The van der Waals surface area contributed by atoms with Gasteiger partial charge in [-0.25, -0.2) is 0 Å². The van der Waals surface area contributed by atoms with E-state index in [1.807, 2.05) is 25.1 Å². The molecule has 3 aromatic rings. The van der Waals surface area contributed by atoms with Gasteiger partial charge in [-0.2, -0.15) is 4.68 Å². The molecule has 0 unspecified atom stereocenters. The lowest BCUT2D eigenvalue weighted by molar-refractivity contribution is 0.787. The third-order valence-electron chi connectivity index (χ3n) is 3.21. The number of hydrogen-bond donors (Lipinski definition) is 1. The van der Waals surface area contributed by atoms with Crippen LogP contribution < -0.4 is 5.73 Å². The zero-order chi connectivity index (χ0) is 15.0. The molecule has 0 atom stereocenters. The Hall–Kier alpha value is -1.92. The summed E-state index contributed by atoms with van der Waals surface area (Å²) in [5.74, 6) is 0.513. The van der Waals surface area contributed by atoms with Crippen molar-refractivity contribution in [1.29, 1.82) is 0 Å². The van der Waals surface area contributed by atoms with Gasteiger partial charge in [0.25, 0.3) is 0 Å². The summed E-state index contributed by atoms with van der Waals surface area (Å²) in [6, 6.07) is 11.2. The number of anilines is 1. The topological polar surface area (TPSA) is 69.6 Å². The molecule has 3 rings (SSSR count). The summed E-state index contributed by atoms with van der Waals surface area (Å²) in [5.41, 5.74) is 9.08. The van der Waals surface area contributed by atoms with Crippen molar-refractivity contribution in [1.82, 2.24) is 20.2 Å². The molecule has 0 spiro atoms. The van der Waals surface area contributed by atoms with Crippen LogP contribution in [0, 0.1) is 6.92 Å². The normalized spacial score (nSPS) is 10.8. The van der Waals surface area contributed by atoms with Crippen LogP contribution in [0.4, 0.5) is 5.69 Å². The van der Waals surface area contributed by atoms with Crippen molar-refractivity contribution in [3.8, 4) is 17.1 Å². The molecule has 106 valence electrons. The summed E-state index contributed by atoms with van der Waals surface area (Å²) < 4.78 is 2.62. The number of halogens is 2. The van der Waals surface area contributed by atoms with Crippen LogP contribution in [0.5, 0.6) is 0 Å². The van der Waals surface area contributed by atoms with E-state index >= 15 is 0 Å². The largest absolute Gasteiger partial charge is 0.398 e. The molecule has 21 heavy (non-hydrogen) atoms.